The highest BCUT2D eigenvalue weighted by Gasteiger charge is 2.69. The van der Waals surface area contributed by atoms with Gasteiger partial charge in [-0.2, -0.15) is 0 Å². The summed E-state index contributed by atoms with van der Waals surface area (Å²) in [6, 6.07) is 3.02. The van der Waals surface area contributed by atoms with Gasteiger partial charge >= 0.3 is 0 Å². The summed E-state index contributed by atoms with van der Waals surface area (Å²) < 4.78 is 0. The van der Waals surface area contributed by atoms with Crippen LogP contribution in [0.2, 0.25) is 0 Å². The smallest absolute Gasteiger partial charge is 0.255 e. The maximum Gasteiger partial charge on any atom is 0.255 e. The summed E-state index contributed by atoms with van der Waals surface area (Å²) >= 11 is 0. The molecule has 4 fully saturated rings. The molecule has 0 bridgehead atoms. The van der Waals surface area contributed by atoms with E-state index in [9.17, 15) is 64.8 Å². The van der Waals surface area contributed by atoms with Crippen LogP contribution in [0.15, 0.2) is 46.8 Å². The van der Waals surface area contributed by atoms with Crippen molar-refractivity contribution >= 4 is 47.2 Å². The number of Topliss-reactive ketones (excluding diaryl/α,β-unsaturated/α-hetero) is 3. The number of primary amides is 1. The number of aliphatic hydroxyl groups excluding tert-OH is 4. The molecule has 0 saturated heterocycles. The van der Waals surface area contributed by atoms with Gasteiger partial charge in [0.2, 0.25) is 5.78 Å². The van der Waals surface area contributed by atoms with Gasteiger partial charge in [0, 0.05) is 29.2 Å². The average molecular weight is 843 g/mol. The molecule has 0 heterocycles. The number of hydrogen-bond donors (Lipinski definition) is 9. The highest BCUT2D eigenvalue weighted by molar-refractivity contribution is 6.24. The molecule has 0 spiro atoms. The van der Waals surface area contributed by atoms with Crippen LogP contribution in [-0.4, -0.2) is 119 Å². The number of amides is 1. The number of nitrogens with two attached hydrogens (primary N) is 1. The Balaban J connectivity index is 0.000000199. The zero-order valence-electron chi connectivity index (χ0n) is 33.8. The second-order valence-electron chi connectivity index (χ2n) is 18.5. The van der Waals surface area contributed by atoms with Crippen molar-refractivity contribution in [2.24, 2.45) is 46.2 Å². The van der Waals surface area contributed by atoms with Crippen LogP contribution < -0.4 is 5.73 Å². The number of likely N-dealkylation sites (N-methyl/N-ethyl adjacent to an activating group) is 1. The van der Waals surface area contributed by atoms with E-state index < -0.39 is 104 Å². The Labute approximate surface area is 347 Å². The highest BCUT2D eigenvalue weighted by atomic mass is 35.5. The molecule has 7 aliphatic rings. The molecule has 1 aromatic carbocycles. The van der Waals surface area contributed by atoms with E-state index in [0.29, 0.717) is 19.3 Å². The zero-order valence-corrected chi connectivity index (χ0v) is 34.6. The monoisotopic (exact) mass is 842 g/mol. The minimum atomic E-state index is -2.75. The summed E-state index contributed by atoms with van der Waals surface area (Å²) in [5.41, 5.74) is -1.78. The number of aromatic hydroxyl groups is 1. The van der Waals surface area contributed by atoms with Crippen molar-refractivity contribution in [3.63, 3.8) is 0 Å². The van der Waals surface area contributed by atoms with Gasteiger partial charge in [0.05, 0.1) is 23.3 Å². The van der Waals surface area contributed by atoms with Crippen LogP contribution in [0.25, 0.3) is 5.76 Å². The molecule has 0 aliphatic heterocycles. The second-order valence-corrected chi connectivity index (χ2v) is 18.5. The Hall–Kier alpha value is -3.96. The van der Waals surface area contributed by atoms with Gasteiger partial charge in [0.25, 0.3) is 5.91 Å². The molecule has 0 radical (unpaired) electrons. The van der Waals surface area contributed by atoms with Crippen molar-refractivity contribution in [1.29, 1.82) is 0 Å². The van der Waals surface area contributed by atoms with Crippen LogP contribution in [-0.2, 0) is 29.6 Å². The van der Waals surface area contributed by atoms with Crippen LogP contribution >= 0.6 is 12.4 Å². The summed E-state index contributed by atoms with van der Waals surface area (Å²) in [5, 5.41) is 86.6. The van der Waals surface area contributed by atoms with Crippen LogP contribution in [0.1, 0.15) is 83.3 Å². The van der Waals surface area contributed by atoms with E-state index in [2.05, 4.69) is 6.92 Å². The number of benzene rings is 1. The minimum Gasteiger partial charge on any atom is -0.508 e. The van der Waals surface area contributed by atoms with Crippen LogP contribution in [0.4, 0.5) is 0 Å². The van der Waals surface area contributed by atoms with E-state index in [1.165, 1.54) is 49.7 Å². The SMILES string of the molecule is CN(C)[C@@H]1C(=O)C(C(N)=O)=C(O)[C@@]2(O)C(=O)C3=C(O)c4c(O)cccc4[C@@](C)(O)C3C[C@@H]12.C[C@]12CCC(=O)C=C1CC[C@@H]1[C@@H]2[C@@H](O)C[C@@]2(C)[C@H]1CC[C@]2(O)C(=O)CO.Cl. The molecule has 10 N–H and O–H groups in total. The summed E-state index contributed by atoms with van der Waals surface area (Å²) in [4.78, 5) is 64.2. The highest BCUT2D eigenvalue weighted by Crippen LogP contribution is 2.67. The largest absolute Gasteiger partial charge is 0.508 e. The van der Waals surface area contributed by atoms with Gasteiger partial charge in [-0.3, -0.25) is 28.9 Å². The fourth-order valence-electron chi connectivity index (χ4n) is 12.8. The number of rotatable bonds is 4. The van der Waals surface area contributed by atoms with Crippen molar-refractivity contribution in [2.75, 3.05) is 20.7 Å². The quantitative estimate of drug-likeness (QED) is 0.196. The van der Waals surface area contributed by atoms with Gasteiger partial charge in [-0.05, 0) is 107 Å². The van der Waals surface area contributed by atoms with E-state index >= 15 is 0 Å². The number of allylic oxidation sites excluding steroid dienone is 1. The van der Waals surface area contributed by atoms with Crippen molar-refractivity contribution in [3.05, 3.63) is 57.9 Å². The summed E-state index contributed by atoms with van der Waals surface area (Å²) in [6.45, 7) is 4.86. The number of hydrogen-bond acceptors (Lipinski definition) is 14. The lowest BCUT2D eigenvalue weighted by Gasteiger charge is -2.60. The van der Waals surface area contributed by atoms with Crippen LogP contribution in [0.3, 0.4) is 0 Å². The number of phenolic OH excluding ortho intramolecular Hbond substituents is 1. The van der Waals surface area contributed by atoms with Crippen molar-refractivity contribution in [1.82, 2.24) is 4.90 Å². The fourth-order valence-corrected chi connectivity index (χ4v) is 12.8. The molecule has 4 saturated carbocycles. The van der Waals surface area contributed by atoms with Crippen LogP contribution in [0, 0.1) is 40.4 Å². The Kier molecular flexibility index (Phi) is 11.0. The first-order valence-corrected chi connectivity index (χ1v) is 19.9. The van der Waals surface area contributed by atoms with Crippen LogP contribution in [0.5, 0.6) is 5.75 Å². The molecule has 7 aliphatic carbocycles. The third-order valence-corrected chi connectivity index (χ3v) is 15.7. The van der Waals surface area contributed by atoms with E-state index in [-0.39, 0.29) is 58.9 Å². The molecule has 15 nitrogen and oxygen atoms in total. The number of aliphatic hydroxyl groups is 7. The predicted molar refractivity (Wildman–Crippen MR) is 213 cm³/mol. The minimum absolute atomic E-state index is 0. The molecule has 1 unspecified atom stereocenters. The summed E-state index contributed by atoms with van der Waals surface area (Å²) in [5.74, 6) is -7.76. The first kappa shape index (κ1) is 44.6. The van der Waals surface area contributed by atoms with E-state index in [0.717, 1.165) is 25.7 Å². The molecule has 0 aromatic heterocycles. The van der Waals surface area contributed by atoms with E-state index in [1.807, 2.05) is 6.92 Å². The van der Waals surface area contributed by atoms with Gasteiger partial charge < -0.3 is 46.6 Å². The van der Waals surface area contributed by atoms with Crippen molar-refractivity contribution in [2.45, 2.75) is 101 Å². The second kappa shape index (κ2) is 14.6. The standard InChI is InChI=1S/C22H24N2O8.C21H30O5.ClH/c1-21(31)8-5-4-6-11(25)12(8)16(26)13-9(21)7-10-15(24(2)3)17(27)14(20(23)30)19(29)22(10,32)18(13)28;1-19-7-5-13(23)9-12(19)3-4-14-15-6-8-21(26,17(25)11-22)20(15,2)10-16(24)18(14)19;/h4-6,9-10,15,25-26,29,31-32H,7H2,1-3H3,(H2,23,30);9,14-16,18,22,24,26H,3-8,10-11H2,1-2H3;1H/t9?,10-,15-,21+,22-;14-,15-,16-,18+,19-,20-,21-;/m00./s1. The molecule has 1 aromatic rings. The van der Waals surface area contributed by atoms with E-state index in [1.54, 1.807) is 6.08 Å². The first-order chi connectivity index (χ1) is 26.9. The van der Waals surface area contributed by atoms with E-state index in [4.69, 9.17) is 5.73 Å². The molecular formula is C43H55ClN2O13. The maximum absolute atomic E-state index is 13.7. The summed E-state index contributed by atoms with van der Waals surface area (Å²) in [7, 11) is 3.01. The predicted octanol–water partition coefficient (Wildman–Crippen LogP) is 1.83. The molecule has 59 heavy (non-hydrogen) atoms. The normalized spacial score (nSPS) is 40.9. The van der Waals surface area contributed by atoms with Gasteiger partial charge in [-0.15, -0.1) is 12.4 Å². The number of ketones is 4. The maximum atomic E-state index is 13.7. The molecule has 16 heteroatoms. The Morgan fingerprint density at radius 1 is 0.949 bits per heavy atom. The number of nitrogens with zero attached hydrogens (tertiary/aromatic N) is 1. The number of phenols is 1. The number of fused-ring (bicyclic) bond motifs is 8. The lowest BCUT2D eigenvalue weighted by Crippen LogP contribution is -2.67. The van der Waals surface area contributed by atoms with Crippen molar-refractivity contribution < 1.29 is 64.8 Å². The number of halogens is 1. The molecule has 8 rings (SSSR count). The number of carbonyl (C=O) groups is 5. The Bertz CT molecular complexity index is 2130. The van der Waals surface area contributed by atoms with Crippen molar-refractivity contribution in [3.8, 4) is 5.75 Å². The topological polar surface area (TPSA) is 276 Å². The molecule has 12 atom stereocenters. The Morgan fingerprint density at radius 2 is 1.61 bits per heavy atom. The Morgan fingerprint density at radius 3 is 2.22 bits per heavy atom. The van der Waals surface area contributed by atoms with Gasteiger partial charge in [0.1, 0.15) is 35.0 Å². The fraction of sp³-hybridized carbons (Fsp3) is 0.605. The molecule has 322 valence electrons. The molecular weight excluding hydrogens is 788 g/mol. The third kappa shape index (κ3) is 5.93. The lowest BCUT2D eigenvalue weighted by atomic mass is 9.45. The van der Waals surface area contributed by atoms with Gasteiger partial charge in [0.15, 0.2) is 23.0 Å². The molecule has 1 amide bonds. The average Bonchev–Trinajstić information content (AvgIpc) is 3.41. The number of carbonyl (C=O) groups excluding carboxylic acids is 5. The zero-order chi connectivity index (χ0) is 42.8. The third-order valence-electron chi connectivity index (χ3n) is 15.7. The lowest BCUT2D eigenvalue weighted by molar-refractivity contribution is -0.182. The van der Waals surface area contributed by atoms with Gasteiger partial charge in [-0.1, -0.05) is 31.6 Å². The summed E-state index contributed by atoms with van der Waals surface area (Å²) in [6.07, 6.45) is 5.54. The first-order valence-electron chi connectivity index (χ1n) is 19.9. The van der Waals surface area contributed by atoms with Gasteiger partial charge in [-0.25, -0.2) is 0 Å².